The highest BCUT2D eigenvalue weighted by Gasteiger charge is 2.39. The molecule has 1 saturated heterocycles. The number of nitrogens with zero attached hydrogens (tertiary/aromatic N) is 1. The maximum Gasteiger partial charge on any atom is 0.225 e. The monoisotopic (exact) mass is 230 g/mol. The van der Waals surface area contributed by atoms with Gasteiger partial charge in [-0.05, 0) is 24.0 Å². The van der Waals surface area contributed by atoms with Crippen LogP contribution in [0.15, 0.2) is 24.3 Å². The molecule has 0 aromatic heterocycles. The summed E-state index contributed by atoms with van der Waals surface area (Å²) >= 11 is 0. The van der Waals surface area contributed by atoms with Crippen LogP contribution >= 0.6 is 0 Å². The Labute approximate surface area is 102 Å². The highest BCUT2D eigenvalue weighted by molar-refractivity contribution is 5.81. The van der Waals surface area contributed by atoms with Crippen molar-refractivity contribution in [3.8, 4) is 0 Å². The van der Waals surface area contributed by atoms with Gasteiger partial charge in [-0.2, -0.15) is 0 Å². The fourth-order valence-electron chi connectivity index (χ4n) is 3.10. The van der Waals surface area contributed by atoms with Gasteiger partial charge in [0.25, 0.3) is 0 Å². The number of nitrogens with two attached hydrogens (primary N) is 1. The molecule has 0 bridgehead atoms. The highest BCUT2D eigenvalue weighted by Crippen LogP contribution is 2.42. The van der Waals surface area contributed by atoms with Crippen molar-refractivity contribution >= 4 is 5.91 Å². The van der Waals surface area contributed by atoms with Crippen molar-refractivity contribution in [2.75, 3.05) is 6.54 Å². The molecule has 2 N–H and O–H groups in total. The van der Waals surface area contributed by atoms with E-state index in [1.54, 1.807) is 0 Å². The topological polar surface area (TPSA) is 46.3 Å². The van der Waals surface area contributed by atoms with Crippen molar-refractivity contribution in [3.05, 3.63) is 35.4 Å². The van der Waals surface area contributed by atoms with Crippen molar-refractivity contribution in [1.82, 2.24) is 4.90 Å². The lowest BCUT2D eigenvalue weighted by Gasteiger charge is -2.25. The summed E-state index contributed by atoms with van der Waals surface area (Å²) in [6.45, 7) is 2.90. The summed E-state index contributed by atoms with van der Waals surface area (Å²) in [7, 11) is 0. The number of carbonyl (C=O) groups is 1. The summed E-state index contributed by atoms with van der Waals surface area (Å²) in [5, 5.41) is 0. The molecule has 1 aliphatic carbocycles. The molecule has 0 spiro atoms. The molecule has 0 radical (unpaired) electrons. The van der Waals surface area contributed by atoms with E-state index >= 15 is 0 Å². The maximum atomic E-state index is 12.1. The van der Waals surface area contributed by atoms with Crippen LogP contribution < -0.4 is 5.73 Å². The van der Waals surface area contributed by atoms with Gasteiger partial charge in [0, 0.05) is 18.5 Å². The van der Waals surface area contributed by atoms with Gasteiger partial charge in [0.1, 0.15) is 0 Å². The number of rotatable bonds is 1. The van der Waals surface area contributed by atoms with Crippen molar-refractivity contribution in [1.29, 1.82) is 0 Å². The van der Waals surface area contributed by atoms with Crippen LogP contribution in [0, 0.1) is 5.92 Å². The van der Waals surface area contributed by atoms with E-state index in [0.717, 1.165) is 19.4 Å². The van der Waals surface area contributed by atoms with E-state index in [1.807, 2.05) is 24.0 Å². The number of amides is 1. The number of hydrogen-bond donors (Lipinski definition) is 1. The number of benzene rings is 1. The average molecular weight is 230 g/mol. The molecule has 1 aromatic carbocycles. The third-order valence-electron chi connectivity index (χ3n) is 4.12. The minimum Gasteiger partial charge on any atom is -0.335 e. The third-order valence-corrected chi connectivity index (χ3v) is 4.12. The molecule has 0 saturated carbocycles. The van der Waals surface area contributed by atoms with Crippen molar-refractivity contribution < 1.29 is 4.79 Å². The van der Waals surface area contributed by atoms with E-state index in [1.165, 1.54) is 11.1 Å². The summed E-state index contributed by atoms with van der Waals surface area (Å²) < 4.78 is 0. The zero-order chi connectivity index (χ0) is 12.0. The molecular weight excluding hydrogens is 212 g/mol. The standard InChI is InChI=1S/C14H18N2O/c1-9-6-7-16(14(9)17)13-8-12(15)10-4-2-3-5-11(10)13/h2-5,9,12-13H,6-8,15H2,1H3. The second-order valence-electron chi connectivity index (χ2n) is 5.21. The van der Waals surface area contributed by atoms with Crippen LogP contribution in [0.5, 0.6) is 0 Å². The molecule has 1 fully saturated rings. The van der Waals surface area contributed by atoms with Gasteiger partial charge in [-0.25, -0.2) is 0 Å². The maximum absolute atomic E-state index is 12.1. The molecule has 1 aliphatic heterocycles. The summed E-state index contributed by atoms with van der Waals surface area (Å²) in [5.74, 6) is 0.470. The lowest BCUT2D eigenvalue weighted by Crippen LogP contribution is -2.30. The first-order valence-electron chi connectivity index (χ1n) is 6.33. The van der Waals surface area contributed by atoms with E-state index in [9.17, 15) is 4.79 Å². The van der Waals surface area contributed by atoms with Crippen molar-refractivity contribution in [2.24, 2.45) is 11.7 Å². The molecule has 1 heterocycles. The minimum absolute atomic E-state index is 0.0832. The van der Waals surface area contributed by atoms with Crippen LogP contribution in [-0.2, 0) is 4.79 Å². The molecular formula is C14H18N2O. The van der Waals surface area contributed by atoms with Gasteiger partial charge >= 0.3 is 0 Å². The smallest absolute Gasteiger partial charge is 0.225 e. The Morgan fingerprint density at radius 2 is 2.00 bits per heavy atom. The van der Waals surface area contributed by atoms with E-state index in [-0.39, 0.29) is 18.0 Å². The van der Waals surface area contributed by atoms with Gasteiger partial charge in [0.05, 0.1) is 6.04 Å². The third kappa shape index (κ3) is 1.57. The first-order chi connectivity index (χ1) is 8.18. The zero-order valence-corrected chi connectivity index (χ0v) is 10.1. The number of fused-ring (bicyclic) bond motifs is 1. The van der Waals surface area contributed by atoms with Crippen LogP contribution in [-0.4, -0.2) is 17.4 Å². The summed E-state index contributed by atoms with van der Waals surface area (Å²) in [5.41, 5.74) is 8.61. The molecule has 90 valence electrons. The quantitative estimate of drug-likeness (QED) is 0.802. The molecule has 1 aromatic rings. The minimum atomic E-state index is 0.0832. The zero-order valence-electron chi connectivity index (χ0n) is 10.1. The SMILES string of the molecule is CC1CCN(C2CC(N)c3ccccc32)C1=O. The highest BCUT2D eigenvalue weighted by atomic mass is 16.2. The van der Waals surface area contributed by atoms with E-state index in [2.05, 4.69) is 12.1 Å². The van der Waals surface area contributed by atoms with Crippen LogP contribution in [0.1, 0.15) is 43.0 Å². The molecule has 2 aliphatic rings. The van der Waals surface area contributed by atoms with Gasteiger partial charge in [-0.15, -0.1) is 0 Å². The van der Waals surface area contributed by atoms with Crippen molar-refractivity contribution in [3.63, 3.8) is 0 Å². The molecule has 3 unspecified atom stereocenters. The van der Waals surface area contributed by atoms with Gasteiger partial charge in [0.2, 0.25) is 5.91 Å². The molecule has 3 nitrogen and oxygen atoms in total. The van der Waals surface area contributed by atoms with Gasteiger partial charge in [-0.1, -0.05) is 31.2 Å². The average Bonchev–Trinajstić information content (AvgIpc) is 2.83. The number of hydrogen-bond acceptors (Lipinski definition) is 2. The molecule has 3 rings (SSSR count). The number of carbonyl (C=O) groups excluding carboxylic acids is 1. The Kier molecular flexibility index (Phi) is 2.44. The Bertz CT molecular complexity index is 457. The summed E-state index contributed by atoms with van der Waals surface area (Å²) in [4.78, 5) is 14.1. The lowest BCUT2D eigenvalue weighted by atomic mass is 10.1. The summed E-state index contributed by atoms with van der Waals surface area (Å²) in [6, 6.07) is 8.55. The molecule has 17 heavy (non-hydrogen) atoms. The van der Waals surface area contributed by atoms with Gasteiger partial charge < -0.3 is 10.6 Å². The second kappa shape index (κ2) is 3.84. The predicted molar refractivity (Wildman–Crippen MR) is 66.2 cm³/mol. The Balaban J connectivity index is 1.94. The van der Waals surface area contributed by atoms with Crippen LogP contribution in [0.2, 0.25) is 0 Å². The van der Waals surface area contributed by atoms with Crippen LogP contribution in [0.25, 0.3) is 0 Å². The molecule has 3 heteroatoms. The largest absolute Gasteiger partial charge is 0.335 e. The lowest BCUT2D eigenvalue weighted by molar-refractivity contribution is -0.132. The number of likely N-dealkylation sites (tertiary alicyclic amines) is 1. The molecule has 1 amide bonds. The predicted octanol–water partition coefficient (Wildman–Crippen LogP) is 2.00. The fraction of sp³-hybridized carbons (Fsp3) is 0.500. The second-order valence-corrected chi connectivity index (χ2v) is 5.21. The fourth-order valence-corrected chi connectivity index (χ4v) is 3.10. The van der Waals surface area contributed by atoms with Crippen LogP contribution in [0.3, 0.4) is 0 Å². The Morgan fingerprint density at radius 3 is 2.65 bits per heavy atom. The summed E-state index contributed by atoms with van der Waals surface area (Å²) in [6.07, 6.45) is 1.85. The van der Waals surface area contributed by atoms with E-state index < -0.39 is 0 Å². The Morgan fingerprint density at radius 1 is 1.29 bits per heavy atom. The Hall–Kier alpha value is -1.35. The van der Waals surface area contributed by atoms with E-state index in [4.69, 9.17) is 5.73 Å². The van der Waals surface area contributed by atoms with Crippen molar-refractivity contribution in [2.45, 2.75) is 31.8 Å². The van der Waals surface area contributed by atoms with Crippen LogP contribution in [0.4, 0.5) is 0 Å². The normalized spacial score (nSPS) is 32.0. The van der Waals surface area contributed by atoms with E-state index in [0.29, 0.717) is 5.91 Å². The first kappa shape index (κ1) is 10.8. The molecule has 3 atom stereocenters. The van der Waals surface area contributed by atoms with Gasteiger partial charge in [-0.3, -0.25) is 4.79 Å². The first-order valence-corrected chi connectivity index (χ1v) is 6.33. The van der Waals surface area contributed by atoms with Gasteiger partial charge in [0.15, 0.2) is 0 Å².